The van der Waals surface area contributed by atoms with Crippen LogP contribution in [0, 0.1) is 40.4 Å². The van der Waals surface area contributed by atoms with Gasteiger partial charge in [-0.15, -0.1) is 0 Å². The molecule has 28 heavy (non-hydrogen) atoms. The summed E-state index contributed by atoms with van der Waals surface area (Å²) in [7, 11) is 0. The molecule has 3 saturated carbocycles. The molecule has 1 heteroatoms. The van der Waals surface area contributed by atoms with Crippen LogP contribution in [-0.2, 0) is 0 Å². The van der Waals surface area contributed by atoms with Gasteiger partial charge in [-0.05, 0) is 85.4 Å². The van der Waals surface area contributed by atoms with Crippen molar-refractivity contribution in [2.75, 3.05) is 0 Å². The van der Waals surface area contributed by atoms with Crippen molar-refractivity contribution in [3.63, 3.8) is 0 Å². The lowest BCUT2D eigenvalue weighted by Crippen LogP contribution is -2.46. The predicted octanol–water partition coefficient (Wildman–Crippen LogP) is 7.31. The summed E-state index contributed by atoms with van der Waals surface area (Å²) in [4.78, 5) is 0. The molecular weight excluding hydrogens is 340 g/mol. The maximum Gasteiger partial charge on any atom is 0.0578 e. The number of allylic oxidation sites excluding steroid dienone is 3. The Bertz CT molecular complexity index is 643. The second-order valence-corrected chi connectivity index (χ2v) is 11.8. The third-order valence-corrected chi connectivity index (χ3v) is 9.75. The van der Waals surface area contributed by atoms with Gasteiger partial charge in [0.05, 0.1) is 6.10 Å². The van der Waals surface area contributed by atoms with Crippen molar-refractivity contribution in [1.29, 1.82) is 0 Å². The molecule has 3 fully saturated rings. The minimum absolute atomic E-state index is 0.106. The van der Waals surface area contributed by atoms with Crippen LogP contribution in [0.1, 0.15) is 98.8 Å². The van der Waals surface area contributed by atoms with Gasteiger partial charge >= 0.3 is 0 Å². The van der Waals surface area contributed by atoms with Crippen LogP contribution in [0.25, 0.3) is 0 Å². The fraction of sp³-hybridized carbons (Fsp3) is 0.852. The summed E-state index contributed by atoms with van der Waals surface area (Å²) in [6, 6.07) is 0. The van der Waals surface area contributed by atoms with Crippen LogP contribution in [0.2, 0.25) is 0 Å². The number of hydrogen-bond acceptors (Lipinski definition) is 1. The maximum absolute atomic E-state index is 10.2. The molecule has 0 aliphatic heterocycles. The second-order valence-electron chi connectivity index (χ2n) is 11.8. The van der Waals surface area contributed by atoms with Crippen molar-refractivity contribution in [3.05, 3.63) is 23.3 Å². The van der Waals surface area contributed by atoms with Crippen LogP contribution in [-0.4, -0.2) is 11.2 Å². The SMILES string of the molecule is CC(C)CCC[C@H](C)[C@@H]1CC[C@@H]2C3=CC=C4C[C@H](O)CC[C@@]4(C)[C@@H]3CC[C@]21C. The molecule has 4 rings (SSSR count). The summed E-state index contributed by atoms with van der Waals surface area (Å²) in [5, 5.41) is 10.2. The Morgan fingerprint density at radius 2 is 1.75 bits per heavy atom. The first-order valence-corrected chi connectivity index (χ1v) is 12.3. The molecule has 0 aromatic rings. The van der Waals surface area contributed by atoms with Gasteiger partial charge in [-0.1, -0.05) is 77.2 Å². The standard InChI is InChI=1S/C27H44O/c1-18(2)7-6-8-19(3)23-11-12-24-22-10-9-20-17-21(28)13-15-26(20,4)25(22)14-16-27(23,24)5/h9-10,18-19,21,23-25,28H,6-8,11-17H2,1-5H3/t19-,21+,23-,24+,25+,26+,27-/m0/s1. The van der Waals surface area contributed by atoms with Crippen molar-refractivity contribution in [1.82, 2.24) is 0 Å². The third-order valence-electron chi connectivity index (χ3n) is 9.75. The van der Waals surface area contributed by atoms with Crippen LogP contribution < -0.4 is 0 Å². The molecule has 1 nitrogen and oxygen atoms in total. The minimum atomic E-state index is -0.106. The first-order valence-electron chi connectivity index (χ1n) is 12.3. The van der Waals surface area contributed by atoms with E-state index in [4.69, 9.17) is 0 Å². The van der Waals surface area contributed by atoms with Crippen LogP contribution >= 0.6 is 0 Å². The molecule has 0 heterocycles. The second kappa shape index (κ2) is 7.60. The summed E-state index contributed by atoms with van der Waals surface area (Å²) in [6.45, 7) is 12.5. The molecule has 4 aliphatic carbocycles. The van der Waals surface area contributed by atoms with E-state index >= 15 is 0 Å². The highest BCUT2D eigenvalue weighted by molar-refractivity contribution is 5.38. The zero-order valence-electron chi connectivity index (χ0n) is 19.1. The van der Waals surface area contributed by atoms with E-state index in [1.54, 1.807) is 11.1 Å². The van der Waals surface area contributed by atoms with E-state index in [9.17, 15) is 5.11 Å². The highest BCUT2D eigenvalue weighted by atomic mass is 16.3. The van der Waals surface area contributed by atoms with Gasteiger partial charge in [0.15, 0.2) is 0 Å². The first kappa shape index (κ1) is 20.7. The van der Waals surface area contributed by atoms with E-state index in [1.165, 1.54) is 51.4 Å². The largest absolute Gasteiger partial charge is 0.393 e. The quantitative estimate of drug-likeness (QED) is 0.527. The van der Waals surface area contributed by atoms with Crippen LogP contribution in [0.4, 0.5) is 0 Å². The molecular formula is C27H44O. The Kier molecular flexibility index (Phi) is 5.62. The Hall–Kier alpha value is -0.560. The van der Waals surface area contributed by atoms with E-state index < -0.39 is 0 Å². The van der Waals surface area contributed by atoms with Gasteiger partial charge in [0.1, 0.15) is 0 Å². The molecule has 1 N–H and O–H groups in total. The van der Waals surface area contributed by atoms with E-state index in [0.29, 0.717) is 10.8 Å². The topological polar surface area (TPSA) is 20.2 Å². The van der Waals surface area contributed by atoms with Gasteiger partial charge in [0.25, 0.3) is 0 Å². The van der Waals surface area contributed by atoms with Crippen LogP contribution in [0.5, 0.6) is 0 Å². The number of rotatable bonds is 5. The number of aliphatic hydroxyl groups is 1. The first-order chi connectivity index (χ1) is 13.3. The molecule has 0 unspecified atom stereocenters. The summed E-state index contributed by atoms with van der Waals surface area (Å²) < 4.78 is 0. The third kappa shape index (κ3) is 3.34. The number of aliphatic hydroxyl groups excluding tert-OH is 1. The van der Waals surface area contributed by atoms with Gasteiger partial charge < -0.3 is 5.11 Å². The highest BCUT2D eigenvalue weighted by Crippen LogP contribution is 2.66. The van der Waals surface area contributed by atoms with Gasteiger partial charge in [-0.2, -0.15) is 0 Å². The number of fused-ring (bicyclic) bond motifs is 5. The lowest BCUT2D eigenvalue weighted by atomic mass is 9.50. The average Bonchev–Trinajstić information content (AvgIpc) is 2.99. The zero-order valence-corrected chi connectivity index (χ0v) is 19.1. The monoisotopic (exact) mass is 384 g/mol. The van der Waals surface area contributed by atoms with Crippen LogP contribution in [0.15, 0.2) is 23.3 Å². The molecule has 7 atom stereocenters. The Morgan fingerprint density at radius 1 is 0.964 bits per heavy atom. The van der Waals surface area contributed by atoms with Gasteiger partial charge in [-0.3, -0.25) is 0 Å². The van der Waals surface area contributed by atoms with E-state index in [2.05, 4.69) is 46.8 Å². The lowest BCUT2D eigenvalue weighted by molar-refractivity contribution is 0.0323. The lowest BCUT2D eigenvalue weighted by Gasteiger charge is -2.55. The van der Waals surface area contributed by atoms with Crippen molar-refractivity contribution in [3.8, 4) is 0 Å². The molecule has 0 aromatic heterocycles. The molecule has 0 aromatic carbocycles. The Balaban J connectivity index is 1.53. The summed E-state index contributed by atoms with van der Waals surface area (Å²) in [5.41, 5.74) is 4.19. The van der Waals surface area contributed by atoms with Gasteiger partial charge in [-0.25, -0.2) is 0 Å². The molecule has 0 spiro atoms. The Labute approximate surface area is 174 Å². The molecule has 158 valence electrons. The smallest absolute Gasteiger partial charge is 0.0578 e. The van der Waals surface area contributed by atoms with Crippen molar-refractivity contribution in [2.45, 2.75) is 105 Å². The molecule has 0 saturated heterocycles. The summed E-state index contributed by atoms with van der Waals surface area (Å²) in [6.07, 6.45) is 17.8. The minimum Gasteiger partial charge on any atom is -0.393 e. The molecule has 0 amide bonds. The molecule has 0 radical (unpaired) electrons. The van der Waals surface area contributed by atoms with Crippen LogP contribution in [0.3, 0.4) is 0 Å². The normalized spacial score (nSPS) is 43.7. The predicted molar refractivity (Wildman–Crippen MR) is 119 cm³/mol. The van der Waals surface area contributed by atoms with Crippen molar-refractivity contribution in [2.24, 2.45) is 40.4 Å². The Morgan fingerprint density at radius 3 is 2.50 bits per heavy atom. The fourth-order valence-electron chi connectivity index (χ4n) is 8.01. The highest BCUT2D eigenvalue weighted by Gasteiger charge is 2.56. The molecule has 4 aliphatic rings. The van der Waals surface area contributed by atoms with E-state index in [1.807, 2.05) is 0 Å². The maximum atomic E-state index is 10.2. The van der Waals surface area contributed by atoms with Gasteiger partial charge in [0, 0.05) is 0 Å². The van der Waals surface area contributed by atoms with Crippen molar-refractivity contribution < 1.29 is 5.11 Å². The zero-order chi connectivity index (χ0) is 20.1. The van der Waals surface area contributed by atoms with Gasteiger partial charge in [0.2, 0.25) is 0 Å². The summed E-state index contributed by atoms with van der Waals surface area (Å²) >= 11 is 0. The van der Waals surface area contributed by atoms with Crippen molar-refractivity contribution >= 4 is 0 Å². The number of hydrogen-bond donors (Lipinski definition) is 1. The van der Waals surface area contributed by atoms with E-state index in [-0.39, 0.29) is 6.10 Å². The molecule has 0 bridgehead atoms. The average molecular weight is 385 g/mol. The van der Waals surface area contributed by atoms with E-state index in [0.717, 1.165) is 42.4 Å². The fourth-order valence-corrected chi connectivity index (χ4v) is 8.01. The summed E-state index contributed by atoms with van der Waals surface area (Å²) in [5.74, 6) is 4.19.